The summed E-state index contributed by atoms with van der Waals surface area (Å²) in [6, 6.07) is 5.78. The monoisotopic (exact) mass is 284 g/mol. The Morgan fingerprint density at radius 2 is 2.33 bits per heavy atom. The lowest BCUT2D eigenvalue weighted by atomic mass is 10.2. The number of H-pyrrole nitrogens is 1. The molecule has 3 nitrogen and oxygen atoms in total. The van der Waals surface area contributed by atoms with Crippen LogP contribution in [0.5, 0.6) is 0 Å². The van der Waals surface area contributed by atoms with Crippen LogP contribution >= 0.6 is 27.7 Å². The van der Waals surface area contributed by atoms with Crippen LogP contribution in [0.1, 0.15) is 5.56 Å². The normalized spacial score (nSPS) is 10.5. The predicted molar refractivity (Wildman–Crippen MR) is 62.8 cm³/mol. The lowest BCUT2D eigenvalue weighted by Gasteiger charge is -2.05. The standard InChI is InChI=1S/C10H9BrN2OS/c11-8-2-1-7(6-14)9(5-8)15-10-12-3-4-13-10/h1-5,14H,6H2,(H,12,13). The number of hydrogen-bond donors (Lipinski definition) is 2. The first-order valence-corrected chi connectivity index (χ1v) is 5.97. The van der Waals surface area contributed by atoms with E-state index in [1.54, 1.807) is 12.4 Å². The van der Waals surface area contributed by atoms with E-state index in [1.165, 1.54) is 11.8 Å². The van der Waals surface area contributed by atoms with Crippen LogP contribution in [0.2, 0.25) is 0 Å². The number of halogens is 1. The molecule has 0 unspecified atom stereocenters. The summed E-state index contributed by atoms with van der Waals surface area (Å²) in [6.07, 6.45) is 3.48. The fourth-order valence-corrected chi connectivity index (χ4v) is 2.58. The molecule has 0 amide bonds. The molecule has 0 aliphatic carbocycles. The van der Waals surface area contributed by atoms with E-state index in [0.29, 0.717) is 0 Å². The molecule has 0 fully saturated rings. The third kappa shape index (κ3) is 2.62. The summed E-state index contributed by atoms with van der Waals surface area (Å²) in [6.45, 7) is 0.0380. The van der Waals surface area contributed by atoms with E-state index in [0.717, 1.165) is 20.1 Å². The van der Waals surface area contributed by atoms with Gasteiger partial charge in [-0.2, -0.15) is 0 Å². The Balaban J connectivity index is 2.30. The van der Waals surface area contributed by atoms with Gasteiger partial charge in [0.25, 0.3) is 0 Å². The van der Waals surface area contributed by atoms with Crippen molar-refractivity contribution in [2.45, 2.75) is 16.7 Å². The molecule has 15 heavy (non-hydrogen) atoms. The Bertz CT molecular complexity index is 445. The SMILES string of the molecule is OCc1ccc(Br)cc1Sc1ncc[nH]1. The van der Waals surface area contributed by atoms with Crippen molar-refractivity contribution in [2.75, 3.05) is 0 Å². The summed E-state index contributed by atoms with van der Waals surface area (Å²) in [5.41, 5.74) is 0.902. The van der Waals surface area contributed by atoms with Crippen molar-refractivity contribution in [2.24, 2.45) is 0 Å². The maximum atomic E-state index is 9.18. The molecule has 0 spiro atoms. The van der Waals surface area contributed by atoms with Crippen LogP contribution in [0.25, 0.3) is 0 Å². The number of nitrogens with zero attached hydrogens (tertiary/aromatic N) is 1. The quantitative estimate of drug-likeness (QED) is 0.911. The molecule has 78 valence electrons. The van der Waals surface area contributed by atoms with Crippen molar-refractivity contribution in [3.05, 3.63) is 40.6 Å². The first-order chi connectivity index (χ1) is 7.29. The number of aromatic nitrogens is 2. The topological polar surface area (TPSA) is 48.9 Å². The third-order valence-corrected chi connectivity index (χ3v) is 3.39. The number of benzene rings is 1. The van der Waals surface area contributed by atoms with Crippen LogP contribution in [-0.4, -0.2) is 15.1 Å². The molecule has 2 N–H and O–H groups in total. The smallest absolute Gasteiger partial charge is 0.170 e. The van der Waals surface area contributed by atoms with E-state index in [-0.39, 0.29) is 6.61 Å². The molecule has 0 bridgehead atoms. The zero-order chi connectivity index (χ0) is 10.7. The highest BCUT2D eigenvalue weighted by molar-refractivity contribution is 9.10. The zero-order valence-electron chi connectivity index (χ0n) is 7.77. The molecule has 0 atom stereocenters. The predicted octanol–water partition coefficient (Wildman–Crippen LogP) is 2.82. The van der Waals surface area contributed by atoms with Gasteiger partial charge in [0.05, 0.1) is 6.61 Å². The van der Waals surface area contributed by atoms with Crippen LogP contribution in [0.3, 0.4) is 0 Å². The average Bonchev–Trinajstić information content (AvgIpc) is 2.71. The molecule has 0 saturated heterocycles. The minimum absolute atomic E-state index is 0.0380. The Labute approximate surface area is 100 Å². The van der Waals surface area contributed by atoms with Crippen LogP contribution in [0.15, 0.2) is 45.1 Å². The number of rotatable bonds is 3. The number of imidazole rings is 1. The van der Waals surface area contributed by atoms with Gasteiger partial charge in [-0.05, 0) is 17.7 Å². The largest absolute Gasteiger partial charge is 0.392 e. The summed E-state index contributed by atoms with van der Waals surface area (Å²) < 4.78 is 0.994. The van der Waals surface area contributed by atoms with E-state index in [9.17, 15) is 5.11 Å². The number of nitrogens with one attached hydrogen (secondary N) is 1. The number of hydrogen-bond acceptors (Lipinski definition) is 3. The Morgan fingerprint density at radius 3 is 3.00 bits per heavy atom. The molecule has 0 radical (unpaired) electrons. The van der Waals surface area contributed by atoms with Gasteiger partial charge in [-0.15, -0.1) is 0 Å². The Morgan fingerprint density at radius 1 is 1.47 bits per heavy atom. The second-order valence-corrected chi connectivity index (χ2v) is 4.85. The minimum Gasteiger partial charge on any atom is -0.392 e. The number of aliphatic hydroxyl groups excluding tert-OH is 1. The van der Waals surface area contributed by atoms with Gasteiger partial charge in [-0.25, -0.2) is 4.98 Å². The van der Waals surface area contributed by atoms with E-state index < -0.39 is 0 Å². The van der Waals surface area contributed by atoms with Gasteiger partial charge in [-0.3, -0.25) is 0 Å². The van der Waals surface area contributed by atoms with Gasteiger partial charge in [0.2, 0.25) is 0 Å². The van der Waals surface area contributed by atoms with Gasteiger partial charge in [0.1, 0.15) is 0 Å². The maximum absolute atomic E-state index is 9.18. The Kier molecular flexibility index (Phi) is 3.45. The minimum atomic E-state index is 0.0380. The fraction of sp³-hybridized carbons (Fsp3) is 0.100. The van der Waals surface area contributed by atoms with Crippen LogP contribution < -0.4 is 0 Å². The first kappa shape index (κ1) is 10.7. The van der Waals surface area contributed by atoms with Gasteiger partial charge in [0.15, 0.2) is 5.16 Å². The molecule has 2 rings (SSSR count). The second kappa shape index (κ2) is 4.83. The van der Waals surface area contributed by atoms with E-state index in [1.807, 2.05) is 18.2 Å². The molecule has 1 aromatic carbocycles. The van der Waals surface area contributed by atoms with Crippen molar-refractivity contribution >= 4 is 27.7 Å². The highest BCUT2D eigenvalue weighted by atomic mass is 79.9. The lowest BCUT2D eigenvalue weighted by Crippen LogP contribution is -1.87. The summed E-state index contributed by atoms with van der Waals surface area (Å²) >= 11 is 4.91. The highest BCUT2D eigenvalue weighted by Crippen LogP contribution is 2.30. The number of aromatic amines is 1. The summed E-state index contributed by atoms with van der Waals surface area (Å²) in [7, 11) is 0. The van der Waals surface area contributed by atoms with Crippen molar-refractivity contribution in [1.29, 1.82) is 0 Å². The molecule has 5 heteroatoms. The van der Waals surface area contributed by atoms with E-state index >= 15 is 0 Å². The van der Waals surface area contributed by atoms with Crippen LogP contribution in [0, 0.1) is 0 Å². The maximum Gasteiger partial charge on any atom is 0.170 e. The highest BCUT2D eigenvalue weighted by Gasteiger charge is 2.05. The fourth-order valence-electron chi connectivity index (χ4n) is 1.16. The third-order valence-electron chi connectivity index (χ3n) is 1.88. The second-order valence-electron chi connectivity index (χ2n) is 2.91. The Hall–Kier alpha value is -0.780. The summed E-state index contributed by atoms with van der Waals surface area (Å²) in [5.74, 6) is 0. The number of aliphatic hydroxyl groups is 1. The van der Waals surface area contributed by atoms with E-state index in [4.69, 9.17) is 0 Å². The molecule has 0 aliphatic heterocycles. The summed E-state index contributed by atoms with van der Waals surface area (Å²) in [4.78, 5) is 8.14. The molecule has 1 aromatic heterocycles. The molecule has 1 heterocycles. The summed E-state index contributed by atoms with van der Waals surface area (Å²) in [5, 5.41) is 10.0. The molecule has 0 saturated carbocycles. The van der Waals surface area contributed by atoms with E-state index in [2.05, 4.69) is 25.9 Å². The van der Waals surface area contributed by atoms with Gasteiger partial charge in [0, 0.05) is 21.8 Å². The first-order valence-electron chi connectivity index (χ1n) is 4.36. The molecular formula is C10H9BrN2OS. The van der Waals surface area contributed by atoms with Crippen LogP contribution in [-0.2, 0) is 6.61 Å². The van der Waals surface area contributed by atoms with Crippen molar-refractivity contribution in [3.8, 4) is 0 Å². The van der Waals surface area contributed by atoms with Crippen molar-refractivity contribution in [1.82, 2.24) is 9.97 Å². The van der Waals surface area contributed by atoms with Gasteiger partial charge >= 0.3 is 0 Å². The zero-order valence-corrected chi connectivity index (χ0v) is 10.2. The van der Waals surface area contributed by atoms with Crippen molar-refractivity contribution in [3.63, 3.8) is 0 Å². The average molecular weight is 285 g/mol. The van der Waals surface area contributed by atoms with Gasteiger partial charge < -0.3 is 10.1 Å². The van der Waals surface area contributed by atoms with Gasteiger partial charge in [-0.1, -0.05) is 33.8 Å². The molecule has 0 aliphatic rings. The van der Waals surface area contributed by atoms with Crippen molar-refractivity contribution < 1.29 is 5.11 Å². The molecular weight excluding hydrogens is 276 g/mol. The molecule has 2 aromatic rings. The lowest BCUT2D eigenvalue weighted by molar-refractivity contribution is 0.279. The van der Waals surface area contributed by atoms with Crippen LogP contribution in [0.4, 0.5) is 0 Å².